The molecule has 2 aromatic rings. The van der Waals surface area contributed by atoms with E-state index < -0.39 is 0 Å². The number of aromatic nitrogens is 2. The number of carbonyl (C=O) groups excluding carboxylic acids is 1. The molecule has 0 bridgehead atoms. The average Bonchev–Trinajstić information content (AvgIpc) is 2.68. The van der Waals surface area contributed by atoms with Crippen LogP contribution >= 0.6 is 0 Å². The van der Waals surface area contributed by atoms with Gasteiger partial charge in [-0.05, 0) is 37.6 Å². The van der Waals surface area contributed by atoms with Gasteiger partial charge in [-0.3, -0.25) is 9.48 Å². The van der Waals surface area contributed by atoms with Crippen molar-refractivity contribution in [2.24, 2.45) is 12.8 Å². The van der Waals surface area contributed by atoms with Crippen LogP contribution in [-0.2, 0) is 13.5 Å². The number of rotatable bonds is 4. The van der Waals surface area contributed by atoms with Gasteiger partial charge in [-0.2, -0.15) is 5.10 Å². The minimum absolute atomic E-state index is 0.130. The highest BCUT2D eigenvalue weighted by molar-refractivity contribution is 6.04. The standard InChI is InChI=1S/C14H18N4O/c1-10-13(9-18(2)17-10)16-14(19)12-5-3-4-11(8-12)6-7-15/h3-5,8-9H,6-7,15H2,1-2H3,(H,16,19). The highest BCUT2D eigenvalue weighted by Crippen LogP contribution is 2.14. The predicted octanol–water partition coefficient (Wildman–Crippen LogP) is 1.48. The van der Waals surface area contributed by atoms with Crippen molar-refractivity contribution in [3.63, 3.8) is 0 Å². The summed E-state index contributed by atoms with van der Waals surface area (Å²) < 4.78 is 1.68. The molecule has 1 heterocycles. The molecule has 2 rings (SSSR count). The molecule has 0 atom stereocenters. The van der Waals surface area contributed by atoms with Crippen LogP contribution in [0.2, 0.25) is 0 Å². The summed E-state index contributed by atoms with van der Waals surface area (Å²) in [6.45, 7) is 2.44. The van der Waals surface area contributed by atoms with Crippen molar-refractivity contribution in [3.8, 4) is 0 Å². The van der Waals surface area contributed by atoms with Gasteiger partial charge in [0, 0.05) is 18.8 Å². The Kier molecular flexibility index (Phi) is 3.97. The fourth-order valence-corrected chi connectivity index (χ4v) is 1.95. The van der Waals surface area contributed by atoms with Crippen molar-refractivity contribution in [2.75, 3.05) is 11.9 Å². The lowest BCUT2D eigenvalue weighted by Crippen LogP contribution is -2.13. The number of hydrogen-bond donors (Lipinski definition) is 2. The molecule has 100 valence electrons. The molecule has 1 aromatic carbocycles. The zero-order valence-corrected chi connectivity index (χ0v) is 11.2. The molecule has 19 heavy (non-hydrogen) atoms. The molecule has 0 aliphatic carbocycles. The first-order valence-corrected chi connectivity index (χ1v) is 6.20. The molecular formula is C14H18N4O. The highest BCUT2D eigenvalue weighted by atomic mass is 16.1. The second-order valence-electron chi connectivity index (χ2n) is 4.50. The largest absolute Gasteiger partial charge is 0.330 e. The van der Waals surface area contributed by atoms with E-state index in [-0.39, 0.29) is 5.91 Å². The van der Waals surface area contributed by atoms with Crippen LogP contribution in [-0.4, -0.2) is 22.2 Å². The summed E-state index contributed by atoms with van der Waals surface area (Å²) in [7, 11) is 1.82. The van der Waals surface area contributed by atoms with Gasteiger partial charge in [0.15, 0.2) is 0 Å². The second kappa shape index (κ2) is 5.67. The Bertz CT molecular complexity index is 589. The number of amides is 1. The van der Waals surface area contributed by atoms with E-state index in [9.17, 15) is 4.79 Å². The Labute approximate surface area is 112 Å². The third kappa shape index (κ3) is 3.20. The van der Waals surface area contributed by atoms with Gasteiger partial charge in [0.05, 0.1) is 11.4 Å². The molecule has 5 heteroatoms. The zero-order chi connectivity index (χ0) is 13.8. The van der Waals surface area contributed by atoms with E-state index in [2.05, 4.69) is 10.4 Å². The maximum absolute atomic E-state index is 12.2. The summed E-state index contributed by atoms with van der Waals surface area (Å²) in [5.41, 5.74) is 8.76. The molecule has 0 saturated heterocycles. The first kappa shape index (κ1) is 13.3. The van der Waals surface area contributed by atoms with E-state index in [0.29, 0.717) is 12.1 Å². The van der Waals surface area contributed by atoms with Gasteiger partial charge in [-0.25, -0.2) is 0 Å². The fourth-order valence-electron chi connectivity index (χ4n) is 1.95. The summed E-state index contributed by atoms with van der Waals surface area (Å²) >= 11 is 0. The first-order chi connectivity index (χ1) is 9.10. The average molecular weight is 258 g/mol. The van der Waals surface area contributed by atoms with Crippen LogP contribution in [0.1, 0.15) is 21.6 Å². The van der Waals surface area contributed by atoms with Gasteiger partial charge < -0.3 is 11.1 Å². The monoisotopic (exact) mass is 258 g/mol. The van der Waals surface area contributed by atoms with Gasteiger partial charge in [0.25, 0.3) is 5.91 Å². The van der Waals surface area contributed by atoms with Gasteiger partial charge in [0.2, 0.25) is 0 Å². The Balaban J connectivity index is 2.15. The molecule has 5 nitrogen and oxygen atoms in total. The Morgan fingerprint density at radius 3 is 2.89 bits per heavy atom. The minimum atomic E-state index is -0.130. The van der Waals surface area contributed by atoms with Gasteiger partial charge in [0.1, 0.15) is 0 Å². The summed E-state index contributed by atoms with van der Waals surface area (Å²) in [6.07, 6.45) is 2.56. The van der Waals surface area contributed by atoms with E-state index in [1.54, 1.807) is 16.9 Å². The van der Waals surface area contributed by atoms with E-state index in [1.807, 2.05) is 32.2 Å². The van der Waals surface area contributed by atoms with Crippen LogP contribution in [0.3, 0.4) is 0 Å². The Hall–Kier alpha value is -2.14. The van der Waals surface area contributed by atoms with Gasteiger partial charge >= 0.3 is 0 Å². The minimum Gasteiger partial charge on any atom is -0.330 e. The van der Waals surface area contributed by atoms with E-state index in [4.69, 9.17) is 5.73 Å². The molecule has 1 amide bonds. The van der Waals surface area contributed by atoms with Crippen LogP contribution in [0.15, 0.2) is 30.5 Å². The van der Waals surface area contributed by atoms with E-state index in [0.717, 1.165) is 23.4 Å². The summed E-state index contributed by atoms with van der Waals surface area (Å²) in [5, 5.41) is 7.05. The molecule has 1 aromatic heterocycles. The van der Waals surface area contributed by atoms with Crippen molar-refractivity contribution in [1.29, 1.82) is 0 Å². The number of nitrogens with zero attached hydrogens (tertiary/aromatic N) is 2. The van der Waals surface area contributed by atoms with Crippen LogP contribution in [0.4, 0.5) is 5.69 Å². The number of nitrogens with two attached hydrogens (primary N) is 1. The summed E-state index contributed by atoms with van der Waals surface area (Å²) in [5.74, 6) is -0.130. The SMILES string of the molecule is Cc1nn(C)cc1NC(=O)c1cccc(CCN)c1. The summed E-state index contributed by atoms with van der Waals surface area (Å²) in [4.78, 5) is 12.2. The van der Waals surface area contributed by atoms with Crippen LogP contribution in [0.25, 0.3) is 0 Å². The molecule has 0 unspecified atom stereocenters. The lowest BCUT2D eigenvalue weighted by Gasteiger charge is -2.05. The molecule has 0 aliphatic heterocycles. The molecule has 0 spiro atoms. The molecule has 3 N–H and O–H groups in total. The number of benzene rings is 1. The third-order valence-corrected chi connectivity index (χ3v) is 2.88. The number of anilines is 1. The lowest BCUT2D eigenvalue weighted by atomic mass is 10.1. The van der Waals surface area contributed by atoms with Crippen molar-refractivity contribution in [1.82, 2.24) is 9.78 Å². The number of hydrogen-bond acceptors (Lipinski definition) is 3. The molecular weight excluding hydrogens is 240 g/mol. The quantitative estimate of drug-likeness (QED) is 0.872. The van der Waals surface area contributed by atoms with Crippen molar-refractivity contribution in [2.45, 2.75) is 13.3 Å². The summed E-state index contributed by atoms with van der Waals surface area (Å²) in [6, 6.07) is 7.50. The van der Waals surface area contributed by atoms with Gasteiger partial charge in [-0.15, -0.1) is 0 Å². The lowest BCUT2D eigenvalue weighted by molar-refractivity contribution is 0.102. The van der Waals surface area contributed by atoms with Crippen molar-refractivity contribution in [3.05, 3.63) is 47.3 Å². The second-order valence-corrected chi connectivity index (χ2v) is 4.50. The maximum Gasteiger partial charge on any atom is 0.255 e. The smallest absolute Gasteiger partial charge is 0.255 e. The van der Waals surface area contributed by atoms with Crippen molar-refractivity contribution < 1.29 is 4.79 Å². The van der Waals surface area contributed by atoms with Crippen molar-refractivity contribution >= 4 is 11.6 Å². The topological polar surface area (TPSA) is 72.9 Å². The Morgan fingerprint density at radius 2 is 2.26 bits per heavy atom. The predicted molar refractivity (Wildman–Crippen MR) is 75.1 cm³/mol. The van der Waals surface area contributed by atoms with Crippen LogP contribution in [0.5, 0.6) is 0 Å². The zero-order valence-electron chi connectivity index (χ0n) is 11.2. The van der Waals surface area contributed by atoms with Crippen LogP contribution < -0.4 is 11.1 Å². The molecule has 0 fully saturated rings. The highest BCUT2D eigenvalue weighted by Gasteiger charge is 2.10. The van der Waals surface area contributed by atoms with Gasteiger partial charge in [-0.1, -0.05) is 12.1 Å². The number of carbonyl (C=O) groups is 1. The van der Waals surface area contributed by atoms with E-state index in [1.165, 1.54) is 0 Å². The third-order valence-electron chi connectivity index (χ3n) is 2.88. The number of aryl methyl sites for hydroxylation is 2. The normalized spacial score (nSPS) is 10.5. The van der Waals surface area contributed by atoms with E-state index >= 15 is 0 Å². The number of nitrogens with one attached hydrogen (secondary N) is 1. The first-order valence-electron chi connectivity index (χ1n) is 6.20. The van der Waals surface area contributed by atoms with Crippen LogP contribution in [0, 0.1) is 6.92 Å². The fraction of sp³-hybridized carbons (Fsp3) is 0.286. The Morgan fingerprint density at radius 1 is 1.47 bits per heavy atom. The maximum atomic E-state index is 12.2. The molecule has 0 aliphatic rings. The molecule has 0 radical (unpaired) electrons. The molecule has 0 saturated carbocycles.